The number of sulfonamides is 1. The maximum atomic E-state index is 11.2. The maximum absolute atomic E-state index is 11.2. The van der Waals surface area contributed by atoms with Gasteiger partial charge in [0.2, 0.25) is 10.0 Å². The van der Waals surface area contributed by atoms with Crippen LogP contribution in [0.3, 0.4) is 0 Å². The molecule has 0 aromatic rings. The van der Waals surface area contributed by atoms with Crippen LogP contribution in [0.15, 0.2) is 4.99 Å². The van der Waals surface area contributed by atoms with Crippen molar-refractivity contribution >= 4 is 40.0 Å². The molecule has 0 aliphatic carbocycles. The Kier molecular flexibility index (Phi) is 10.8. The molecule has 0 heterocycles. The Labute approximate surface area is 133 Å². The lowest BCUT2D eigenvalue weighted by molar-refractivity contribution is 0.203. The van der Waals surface area contributed by atoms with Crippen LogP contribution in [0, 0.1) is 0 Å². The molecule has 0 amide bonds. The van der Waals surface area contributed by atoms with Crippen molar-refractivity contribution in [2.75, 3.05) is 40.1 Å². The van der Waals surface area contributed by atoms with Gasteiger partial charge in [-0.1, -0.05) is 0 Å². The van der Waals surface area contributed by atoms with Crippen LogP contribution in [-0.4, -0.2) is 60.0 Å². The fourth-order valence-electron chi connectivity index (χ4n) is 1.33. The first-order valence-electron chi connectivity index (χ1n) is 5.62. The number of rotatable bonds is 7. The van der Waals surface area contributed by atoms with E-state index in [9.17, 15) is 8.42 Å². The Balaban J connectivity index is 0. The van der Waals surface area contributed by atoms with Gasteiger partial charge in [-0.25, -0.2) is 13.1 Å². The lowest BCUT2D eigenvalue weighted by atomic mass is 10.1. The van der Waals surface area contributed by atoms with E-state index in [2.05, 4.69) is 20.3 Å². The van der Waals surface area contributed by atoms with Crippen molar-refractivity contribution in [1.29, 1.82) is 0 Å². The SMILES string of the molecule is CN=C(NCCOC)NCC(C)(C)NS(C)(=O)=O.I. The standard InChI is InChI=1S/C10H24N4O3S.HI/c1-10(2,14-18(5,15)16)8-13-9(11-3)12-6-7-17-4;/h14H,6-8H2,1-5H3,(H2,11,12,13);1H. The van der Waals surface area contributed by atoms with Gasteiger partial charge in [-0.2, -0.15) is 0 Å². The van der Waals surface area contributed by atoms with E-state index in [1.165, 1.54) is 0 Å². The van der Waals surface area contributed by atoms with Gasteiger partial charge in [-0.05, 0) is 13.8 Å². The average Bonchev–Trinajstić information content (AvgIpc) is 2.19. The van der Waals surface area contributed by atoms with E-state index in [0.717, 1.165) is 6.26 Å². The van der Waals surface area contributed by atoms with Crippen LogP contribution < -0.4 is 15.4 Å². The fourth-order valence-corrected chi connectivity index (χ4v) is 2.41. The van der Waals surface area contributed by atoms with Gasteiger partial charge in [0.25, 0.3) is 0 Å². The molecule has 0 radical (unpaired) electrons. The van der Waals surface area contributed by atoms with E-state index in [-0.39, 0.29) is 24.0 Å². The number of aliphatic imine (C=N–C) groups is 1. The molecule has 0 atom stereocenters. The van der Waals surface area contributed by atoms with Gasteiger partial charge >= 0.3 is 0 Å². The zero-order valence-corrected chi connectivity index (χ0v) is 15.3. The number of nitrogens with one attached hydrogen (secondary N) is 3. The van der Waals surface area contributed by atoms with Gasteiger partial charge < -0.3 is 15.4 Å². The summed E-state index contributed by atoms with van der Waals surface area (Å²) in [4.78, 5) is 4.02. The zero-order chi connectivity index (χ0) is 14.2. The summed E-state index contributed by atoms with van der Waals surface area (Å²) in [7, 11) is 0.0463. The Bertz CT molecular complexity index is 371. The third-order valence-corrected chi connectivity index (χ3v) is 2.91. The monoisotopic (exact) mass is 408 g/mol. The Morgan fingerprint density at radius 2 is 1.89 bits per heavy atom. The molecule has 0 saturated heterocycles. The molecule has 0 aromatic carbocycles. The van der Waals surface area contributed by atoms with Crippen LogP contribution in [-0.2, 0) is 14.8 Å². The van der Waals surface area contributed by atoms with Crippen LogP contribution in [0.25, 0.3) is 0 Å². The number of ether oxygens (including phenoxy) is 1. The summed E-state index contributed by atoms with van der Waals surface area (Å²) in [5.41, 5.74) is -0.591. The zero-order valence-electron chi connectivity index (χ0n) is 12.1. The van der Waals surface area contributed by atoms with Crippen LogP contribution in [0.1, 0.15) is 13.8 Å². The largest absolute Gasteiger partial charge is 0.383 e. The maximum Gasteiger partial charge on any atom is 0.209 e. The number of guanidine groups is 1. The van der Waals surface area contributed by atoms with Crippen LogP contribution in [0.2, 0.25) is 0 Å². The molecule has 7 nitrogen and oxygen atoms in total. The van der Waals surface area contributed by atoms with Crippen molar-refractivity contribution < 1.29 is 13.2 Å². The lowest BCUT2D eigenvalue weighted by Crippen LogP contribution is -2.53. The summed E-state index contributed by atoms with van der Waals surface area (Å²) >= 11 is 0. The quantitative estimate of drug-likeness (QED) is 0.234. The molecule has 0 fully saturated rings. The van der Waals surface area contributed by atoms with Crippen molar-refractivity contribution in [1.82, 2.24) is 15.4 Å². The van der Waals surface area contributed by atoms with E-state index in [0.29, 0.717) is 25.7 Å². The predicted molar refractivity (Wildman–Crippen MR) is 88.7 cm³/mol. The Morgan fingerprint density at radius 1 is 1.32 bits per heavy atom. The van der Waals surface area contributed by atoms with E-state index in [1.54, 1.807) is 28.0 Å². The molecular weight excluding hydrogens is 383 g/mol. The molecule has 0 spiro atoms. The predicted octanol–water partition coefficient (Wildman–Crippen LogP) is -0.256. The summed E-state index contributed by atoms with van der Waals surface area (Å²) in [5.74, 6) is 0.607. The number of hydrogen-bond acceptors (Lipinski definition) is 4. The summed E-state index contributed by atoms with van der Waals surface area (Å²) in [6.45, 7) is 5.22. The third kappa shape index (κ3) is 12.6. The highest BCUT2D eigenvalue weighted by atomic mass is 127. The summed E-state index contributed by atoms with van der Waals surface area (Å²) in [5, 5.41) is 6.09. The molecule has 116 valence electrons. The van der Waals surface area contributed by atoms with E-state index >= 15 is 0 Å². The minimum atomic E-state index is -3.23. The Morgan fingerprint density at radius 3 is 2.32 bits per heavy atom. The van der Waals surface area contributed by atoms with Crippen molar-refractivity contribution in [3.63, 3.8) is 0 Å². The van der Waals surface area contributed by atoms with Gasteiger partial charge in [0.15, 0.2) is 5.96 Å². The second kappa shape index (κ2) is 9.72. The highest BCUT2D eigenvalue weighted by Gasteiger charge is 2.22. The lowest BCUT2D eigenvalue weighted by Gasteiger charge is -2.26. The van der Waals surface area contributed by atoms with Crippen molar-refractivity contribution in [2.45, 2.75) is 19.4 Å². The molecule has 0 aliphatic rings. The molecule has 0 saturated carbocycles. The van der Waals surface area contributed by atoms with E-state index in [4.69, 9.17) is 4.74 Å². The topological polar surface area (TPSA) is 91.8 Å². The number of nitrogens with zero attached hydrogens (tertiary/aromatic N) is 1. The van der Waals surface area contributed by atoms with Crippen molar-refractivity contribution in [3.8, 4) is 0 Å². The molecular formula is C10H25IN4O3S. The van der Waals surface area contributed by atoms with E-state index in [1.807, 2.05) is 0 Å². The number of hydrogen-bond donors (Lipinski definition) is 3. The average molecular weight is 408 g/mol. The first-order chi connectivity index (χ1) is 8.20. The highest BCUT2D eigenvalue weighted by Crippen LogP contribution is 2.01. The normalized spacial score (nSPS) is 12.8. The van der Waals surface area contributed by atoms with Gasteiger partial charge in [-0.15, -0.1) is 24.0 Å². The molecule has 0 bridgehead atoms. The first-order valence-corrected chi connectivity index (χ1v) is 7.52. The van der Waals surface area contributed by atoms with Crippen molar-refractivity contribution in [3.05, 3.63) is 0 Å². The molecule has 0 unspecified atom stereocenters. The molecule has 3 N–H and O–H groups in total. The highest BCUT2D eigenvalue weighted by molar-refractivity contribution is 14.0. The van der Waals surface area contributed by atoms with E-state index < -0.39 is 15.6 Å². The van der Waals surface area contributed by atoms with Crippen molar-refractivity contribution in [2.24, 2.45) is 4.99 Å². The van der Waals surface area contributed by atoms with Crippen LogP contribution in [0.5, 0.6) is 0 Å². The van der Waals surface area contributed by atoms with Gasteiger partial charge in [0.1, 0.15) is 0 Å². The summed E-state index contributed by atoms with van der Waals surface area (Å²) < 4.78 is 29.8. The third-order valence-electron chi connectivity index (χ3n) is 1.98. The smallest absolute Gasteiger partial charge is 0.209 e. The molecule has 19 heavy (non-hydrogen) atoms. The number of halogens is 1. The first kappa shape index (κ1) is 21.2. The van der Waals surface area contributed by atoms with Gasteiger partial charge in [0.05, 0.1) is 12.9 Å². The molecule has 0 aliphatic heterocycles. The van der Waals surface area contributed by atoms with Crippen LogP contribution in [0.4, 0.5) is 0 Å². The molecule has 9 heteroatoms. The molecule has 0 rings (SSSR count). The Hall–Kier alpha value is -0.130. The second-order valence-corrected chi connectivity index (χ2v) is 6.35. The van der Waals surface area contributed by atoms with Crippen LogP contribution >= 0.6 is 24.0 Å². The number of methoxy groups -OCH3 is 1. The fraction of sp³-hybridized carbons (Fsp3) is 0.900. The van der Waals surface area contributed by atoms with Gasteiger partial charge in [-0.3, -0.25) is 4.99 Å². The second-order valence-electron chi connectivity index (χ2n) is 4.60. The minimum absolute atomic E-state index is 0. The summed E-state index contributed by atoms with van der Waals surface area (Å²) in [6.07, 6.45) is 1.14. The minimum Gasteiger partial charge on any atom is -0.383 e. The van der Waals surface area contributed by atoms with Gasteiger partial charge in [0, 0.05) is 32.8 Å². The summed E-state index contributed by atoms with van der Waals surface area (Å²) in [6, 6.07) is 0. The molecule has 0 aromatic heterocycles.